The average molecular weight is 446 g/mol. The highest BCUT2D eigenvalue weighted by molar-refractivity contribution is 5.98. The Balaban J connectivity index is 1.37. The number of nitrogens with one attached hydrogen (secondary N) is 1. The van der Waals surface area contributed by atoms with E-state index in [9.17, 15) is 22.4 Å². The van der Waals surface area contributed by atoms with E-state index in [2.05, 4.69) is 20.5 Å². The Morgan fingerprint density at radius 3 is 2.53 bits per heavy atom. The Bertz CT molecular complexity index is 1130. The number of aromatic nitrogens is 4. The number of anilines is 1. The molecule has 2 bridgehead atoms. The number of benzene rings is 1. The highest BCUT2D eigenvalue weighted by atomic mass is 19.4. The maximum absolute atomic E-state index is 14.6. The van der Waals surface area contributed by atoms with Crippen LogP contribution in [0, 0.1) is 11.7 Å². The normalized spacial score (nSPS) is 22.4. The van der Waals surface area contributed by atoms with Crippen LogP contribution in [-0.2, 0) is 6.18 Å². The van der Waals surface area contributed by atoms with Gasteiger partial charge in [-0.2, -0.15) is 23.4 Å². The van der Waals surface area contributed by atoms with Gasteiger partial charge in [0.25, 0.3) is 5.91 Å². The molecule has 1 aliphatic carbocycles. The third-order valence-electron chi connectivity index (χ3n) is 6.00. The van der Waals surface area contributed by atoms with E-state index in [-0.39, 0.29) is 35.2 Å². The number of hydrogen-bond acceptors (Lipinski definition) is 5. The summed E-state index contributed by atoms with van der Waals surface area (Å²) in [5, 5.41) is 11.1. The van der Waals surface area contributed by atoms with Gasteiger partial charge in [0.2, 0.25) is 0 Å². The molecule has 3 aromatic rings. The molecular formula is C21H18F4N6O. The van der Waals surface area contributed by atoms with E-state index >= 15 is 0 Å². The van der Waals surface area contributed by atoms with Crippen LogP contribution in [0.5, 0.6) is 0 Å². The van der Waals surface area contributed by atoms with Gasteiger partial charge in [-0.3, -0.25) is 4.79 Å². The maximum Gasteiger partial charge on any atom is 0.417 e. The van der Waals surface area contributed by atoms with E-state index in [4.69, 9.17) is 0 Å². The number of halogens is 4. The molecular weight excluding hydrogens is 428 g/mol. The molecule has 0 radical (unpaired) electrons. The minimum absolute atomic E-state index is 0.0146. The van der Waals surface area contributed by atoms with Gasteiger partial charge in [-0.15, -0.1) is 4.80 Å². The minimum Gasteiger partial charge on any atom is -0.365 e. The number of amides is 1. The number of hydrogen-bond donors (Lipinski definition) is 1. The second-order valence-electron chi connectivity index (χ2n) is 8.00. The van der Waals surface area contributed by atoms with E-state index in [1.54, 1.807) is 4.90 Å². The van der Waals surface area contributed by atoms with Crippen LogP contribution in [0.25, 0.3) is 5.69 Å². The fourth-order valence-corrected chi connectivity index (χ4v) is 4.63. The van der Waals surface area contributed by atoms with Crippen molar-refractivity contribution in [2.45, 2.75) is 31.1 Å². The predicted octanol–water partition coefficient (Wildman–Crippen LogP) is 3.54. The zero-order valence-corrected chi connectivity index (χ0v) is 16.6. The van der Waals surface area contributed by atoms with Gasteiger partial charge in [-0.25, -0.2) is 9.37 Å². The summed E-state index contributed by atoms with van der Waals surface area (Å²) in [6.07, 6.45) is 0.662. The molecule has 5 rings (SSSR count). The van der Waals surface area contributed by atoms with E-state index in [1.807, 2.05) is 0 Å². The lowest BCUT2D eigenvalue weighted by atomic mass is 10.0. The molecule has 1 aromatic carbocycles. The van der Waals surface area contributed by atoms with Gasteiger partial charge in [-0.1, -0.05) is 6.07 Å². The van der Waals surface area contributed by atoms with E-state index in [0.29, 0.717) is 12.4 Å². The Morgan fingerprint density at radius 1 is 1.09 bits per heavy atom. The van der Waals surface area contributed by atoms with Crippen LogP contribution in [0.1, 0.15) is 28.8 Å². The second kappa shape index (κ2) is 7.57. The molecule has 32 heavy (non-hydrogen) atoms. The summed E-state index contributed by atoms with van der Waals surface area (Å²) >= 11 is 0. The van der Waals surface area contributed by atoms with Gasteiger partial charge in [0.15, 0.2) is 5.82 Å². The van der Waals surface area contributed by atoms with Crippen LogP contribution in [0.15, 0.2) is 48.9 Å². The molecule has 1 N–H and O–H groups in total. The van der Waals surface area contributed by atoms with Crippen molar-refractivity contribution in [1.82, 2.24) is 24.9 Å². The Hall–Kier alpha value is -3.50. The van der Waals surface area contributed by atoms with Gasteiger partial charge < -0.3 is 10.2 Å². The summed E-state index contributed by atoms with van der Waals surface area (Å²) in [5.74, 6) is -0.387. The Morgan fingerprint density at radius 2 is 1.88 bits per heavy atom. The summed E-state index contributed by atoms with van der Waals surface area (Å²) in [5.41, 5.74) is -0.682. The van der Waals surface area contributed by atoms with Crippen molar-refractivity contribution in [3.8, 4) is 5.69 Å². The predicted molar refractivity (Wildman–Crippen MR) is 106 cm³/mol. The highest BCUT2D eigenvalue weighted by Gasteiger charge is 2.47. The number of alkyl halides is 3. The molecule has 2 aromatic heterocycles. The van der Waals surface area contributed by atoms with E-state index < -0.39 is 17.6 Å². The number of piperidine rings is 1. The number of pyridine rings is 1. The summed E-state index contributed by atoms with van der Waals surface area (Å²) in [4.78, 5) is 20.0. The van der Waals surface area contributed by atoms with Crippen LogP contribution in [0.2, 0.25) is 0 Å². The monoisotopic (exact) mass is 446 g/mol. The fraction of sp³-hybridized carbons (Fsp3) is 0.333. The number of rotatable bonds is 4. The van der Waals surface area contributed by atoms with Crippen molar-refractivity contribution in [1.29, 1.82) is 0 Å². The number of nitrogens with zero attached hydrogens (tertiary/aromatic N) is 5. The van der Waals surface area contributed by atoms with Gasteiger partial charge in [0.1, 0.15) is 11.5 Å². The Labute approximate surface area is 180 Å². The zero-order chi connectivity index (χ0) is 22.5. The van der Waals surface area contributed by atoms with E-state index in [1.165, 1.54) is 36.7 Å². The molecule has 11 heteroatoms. The molecule has 0 spiro atoms. The first-order chi connectivity index (χ1) is 15.3. The van der Waals surface area contributed by atoms with Gasteiger partial charge in [0.05, 0.1) is 29.6 Å². The van der Waals surface area contributed by atoms with Gasteiger partial charge in [-0.05, 0) is 43.0 Å². The van der Waals surface area contributed by atoms with Crippen molar-refractivity contribution in [3.63, 3.8) is 0 Å². The lowest BCUT2D eigenvalue weighted by molar-refractivity contribution is -0.137. The Kier molecular flexibility index (Phi) is 4.83. The number of fused-ring (bicyclic) bond motifs is 2. The molecule has 2 aliphatic rings. The second-order valence-corrected chi connectivity index (χ2v) is 8.00. The van der Waals surface area contributed by atoms with Crippen molar-refractivity contribution in [2.24, 2.45) is 5.92 Å². The van der Waals surface area contributed by atoms with Crippen LogP contribution in [0.3, 0.4) is 0 Å². The topological polar surface area (TPSA) is 75.9 Å². The number of carbonyl (C=O) groups is 1. The third kappa shape index (κ3) is 3.57. The molecule has 1 amide bonds. The zero-order valence-electron chi connectivity index (χ0n) is 16.6. The third-order valence-corrected chi connectivity index (χ3v) is 6.00. The van der Waals surface area contributed by atoms with Crippen molar-refractivity contribution >= 4 is 11.7 Å². The SMILES string of the molecule is O=C(c1cccc(F)c1-n1nccn1)N1C[C@@H]2C[C@@H](Nc3ccc(C(F)(F)F)cn3)[C@@H]1C2. The molecule has 166 valence electrons. The molecule has 3 atom stereocenters. The summed E-state index contributed by atoms with van der Waals surface area (Å²) in [6.45, 7) is 0.532. The number of para-hydroxylation sites is 1. The molecule has 0 unspecified atom stereocenters. The lowest BCUT2D eigenvalue weighted by Gasteiger charge is -2.34. The standard InChI is InChI=1S/C21H18F4N6O/c22-15-3-1-2-14(19(15)31-27-6-7-28-31)20(32)30-11-12-8-16(17(30)9-12)29-18-5-4-13(10-26-18)21(23,24)25/h1-7,10,12,16-17H,8-9,11H2,(H,26,29)/t12-,16-,17+/m1/s1. The van der Waals surface area contributed by atoms with Gasteiger partial charge >= 0.3 is 6.18 Å². The molecule has 1 saturated carbocycles. The molecule has 1 aliphatic heterocycles. The maximum atomic E-state index is 14.6. The lowest BCUT2D eigenvalue weighted by Crippen LogP contribution is -2.48. The van der Waals surface area contributed by atoms with Crippen LogP contribution in [0.4, 0.5) is 23.4 Å². The summed E-state index contributed by atoms with van der Waals surface area (Å²) in [6, 6.07) is 6.16. The first kappa shape index (κ1) is 20.4. The summed E-state index contributed by atoms with van der Waals surface area (Å²) in [7, 11) is 0. The van der Waals surface area contributed by atoms with Gasteiger partial charge in [0, 0.05) is 18.8 Å². The smallest absolute Gasteiger partial charge is 0.365 e. The highest BCUT2D eigenvalue weighted by Crippen LogP contribution is 2.40. The molecule has 1 saturated heterocycles. The van der Waals surface area contributed by atoms with Crippen molar-refractivity contribution in [3.05, 3.63) is 65.9 Å². The summed E-state index contributed by atoms with van der Waals surface area (Å²) < 4.78 is 52.9. The van der Waals surface area contributed by atoms with Crippen LogP contribution in [-0.4, -0.2) is 49.4 Å². The molecule has 2 fully saturated rings. The van der Waals surface area contributed by atoms with Crippen molar-refractivity contribution in [2.75, 3.05) is 11.9 Å². The largest absolute Gasteiger partial charge is 0.417 e. The van der Waals surface area contributed by atoms with Crippen LogP contribution >= 0.6 is 0 Å². The average Bonchev–Trinajstić information content (AvgIpc) is 3.50. The quantitative estimate of drug-likeness (QED) is 0.621. The fourth-order valence-electron chi connectivity index (χ4n) is 4.63. The van der Waals surface area contributed by atoms with E-state index in [0.717, 1.165) is 29.9 Å². The minimum atomic E-state index is -4.45. The van der Waals surface area contributed by atoms with Crippen LogP contribution < -0.4 is 5.32 Å². The van der Waals surface area contributed by atoms with Crippen molar-refractivity contribution < 1.29 is 22.4 Å². The molecule has 7 nitrogen and oxygen atoms in total. The number of likely N-dealkylation sites (tertiary alicyclic amines) is 1. The first-order valence-corrected chi connectivity index (χ1v) is 10.1. The first-order valence-electron chi connectivity index (χ1n) is 10.1. The molecule has 3 heterocycles. The number of carbonyl (C=O) groups excluding carboxylic acids is 1.